The molecule has 0 radical (unpaired) electrons. The molecule has 0 aromatic heterocycles. The second-order valence-electron chi connectivity index (χ2n) is 6.72. The van der Waals surface area contributed by atoms with Crippen molar-refractivity contribution >= 4 is 0 Å². The molecule has 132 valence electrons. The van der Waals surface area contributed by atoms with Crippen molar-refractivity contribution in [1.82, 2.24) is 5.48 Å². The summed E-state index contributed by atoms with van der Waals surface area (Å²) in [4.78, 5) is 5.49. The summed E-state index contributed by atoms with van der Waals surface area (Å²) in [5, 5.41) is 0. The first-order valence-corrected chi connectivity index (χ1v) is 8.65. The first-order valence-electron chi connectivity index (χ1n) is 8.65. The van der Waals surface area contributed by atoms with Gasteiger partial charge in [0.25, 0.3) is 0 Å². The molecule has 0 spiro atoms. The van der Waals surface area contributed by atoms with Gasteiger partial charge in [-0.25, -0.2) is 4.39 Å². The van der Waals surface area contributed by atoms with Gasteiger partial charge in [-0.1, -0.05) is 48.5 Å². The molecule has 4 nitrogen and oxygen atoms in total. The standard InChI is InChI=1S/C20H22FNO3/c21-19-9-5-4-8-18(19)20-10-17(24-12-16(20)13-25-22-20)14-23-11-15-6-2-1-3-7-15/h1-9,16-17,22H,10-14H2. The highest BCUT2D eigenvalue weighted by Gasteiger charge is 2.51. The summed E-state index contributed by atoms with van der Waals surface area (Å²) in [5.41, 5.74) is 4.31. The molecule has 4 rings (SSSR count). The van der Waals surface area contributed by atoms with E-state index in [1.165, 1.54) is 6.07 Å². The van der Waals surface area contributed by atoms with Crippen LogP contribution in [0.5, 0.6) is 0 Å². The predicted octanol–water partition coefficient (Wildman–Crippen LogP) is 3.18. The summed E-state index contributed by atoms with van der Waals surface area (Å²) in [5.74, 6) is -0.119. The number of hydrogen-bond acceptors (Lipinski definition) is 4. The fourth-order valence-corrected chi connectivity index (χ4v) is 3.76. The van der Waals surface area contributed by atoms with Gasteiger partial charge >= 0.3 is 0 Å². The molecule has 2 aromatic carbocycles. The number of halogens is 1. The maximum absolute atomic E-state index is 14.4. The second-order valence-corrected chi connectivity index (χ2v) is 6.72. The lowest BCUT2D eigenvalue weighted by Crippen LogP contribution is -2.51. The first-order chi connectivity index (χ1) is 12.3. The van der Waals surface area contributed by atoms with E-state index in [-0.39, 0.29) is 17.8 Å². The predicted molar refractivity (Wildman–Crippen MR) is 91.1 cm³/mol. The third kappa shape index (κ3) is 3.33. The fraction of sp³-hybridized carbons (Fsp3) is 0.400. The molecule has 0 aliphatic carbocycles. The van der Waals surface area contributed by atoms with Crippen LogP contribution in [0.25, 0.3) is 0 Å². The van der Waals surface area contributed by atoms with E-state index < -0.39 is 5.54 Å². The summed E-state index contributed by atoms with van der Waals surface area (Å²) in [6, 6.07) is 16.9. The third-order valence-corrected chi connectivity index (χ3v) is 5.09. The fourth-order valence-electron chi connectivity index (χ4n) is 3.76. The van der Waals surface area contributed by atoms with Crippen molar-refractivity contribution in [2.45, 2.75) is 24.7 Å². The zero-order valence-corrected chi connectivity index (χ0v) is 14.0. The number of fused-ring (bicyclic) bond motifs is 1. The lowest BCUT2D eigenvalue weighted by atomic mass is 9.74. The number of hydroxylamine groups is 1. The smallest absolute Gasteiger partial charge is 0.128 e. The summed E-state index contributed by atoms with van der Waals surface area (Å²) in [6.45, 7) is 2.06. The molecular weight excluding hydrogens is 321 g/mol. The second kappa shape index (κ2) is 7.22. The van der Waals surface area contributed by atoms with Gasteiger partial charge in [0.1, 0.15) is 5.82 Å². The van der Waals surface area contributed by atoms with Gasteiger partial charge in [0, 0.05) is 17.9 Å². The quantitative estimate of drug-likeness (QED) is 0.905. The zero-order valence-electron chi connectivity index (χ0n) is 14.0. The summed E-state index contributed by atoms with van der Waals surface area (Å²) in [7, 11) is 0. The van der Waals surface area contributed by atoms with Crippen molar-refractivity contribution < 1.29 is 18.7 Å². The SMILES string of the molecule is Fc1ccccc1C12CC(COCc3ccccc3)OCC1CON2. The van der Waals surface area contributed by atoms with Crippen LogP contribution >= 0.6 is 0 Å². The normalized spacial score (nSPS) is 28.7. The van der Waals surface area contributed by atoms with E-state index in [9.17, 15) is 4.39 Å². The van der Waals surface area contributed by atoms with Gasteiger partial charge in [0.05, 0.1) is 38.1 Å². The van der Waals surface area contributed by atoms with Crippen molar-refractivity contribution in [3.05, 3.63) is 71.5 Å². The Kier molecular flexibility index (Phi) is 4.81. The number of hydrogen-bond donors (Lipinski definition) is 1. The third-order valence-electron chi connectivity index (χ3n) is 5.09. The molecule has 2 aliphatic heterocycles. The topological polar surface area (TPSA) is 39.7 Å². The largest absolute Gasteiger partial charge is 0.375 e. The van der Waals surface area contributed by atoms with Gasteiger partial charge in [-0.3, -0.25) is 0 Å². The molecule has 25 heavy (non-hydrogen) atoms. The maximum Gasteiger partial charge on any atom is 0.128 e. The highest BCUT2D eigenvalue weighted by Crippen LogP contribution is 2.43. The van der Waals surface area contributed by atoms with E-state index in [0.29, 0.717) is 38.4 Å². The Hall–Kier alpha value is -1.79. The van der Waals surface area contributed by atoms with Crippen LogP contribution in [-0.4, -0.2) is 25.9 Å². The van der Waals surface area contributed by atoms with Crippen LogP contribution in [0.3, 0.4) is 0 Å². The van der Waals surface area contributed by atoms with Crippen molar-refractivity contribution in [3.8, 4) is 0 Å². The van der Waals surface area contributed by atoms with E-state index in [0.717, 1.165) is 5.56 Å². The molecule has 0 bridgehead atoms. The minimum Gasteiger partial charge on any atom is -0.375 e. The summed E-state index contributed by atoms with van der Waals surface area (Å²) >= 11 is 0. The van der Waals surface area contributed by atoms with Crippen molar-refractivity contribution in [3.63, 3.8) is 0 Å². The van der Waals surface area contributed by atoms with Gasteiger partial charge in [0.2, 0.25) is 0 Å². The molecule has 1 N–H and O–H groups in total. The summed E-state index contributed by atoms with van der Waals surface area (Å²) < 4.78 is 26.2. The van der Waals surface area contributed by atoms with Gasteiger partial charge in [-0.05, 0) is 11.6 Å². The molecule has 0 amide bonds. The Morgan fingerprint density at radius 3 is 2.72 bits per heavy atom. The molecule has 0 saturated carbocycles. The van der Waals surface area contributed by atoms with Crippen molar-refractivity contribution in [1.29, 1.82) is 0 Å². The minimum absolute atomic E-state index is 0.0924. The zero-order chi connectivity index (χ0) is 17.1. The molecule has 5 heteroatoms. The molecule has 2 fully saturated rings. The molecular formula is C20H22FNO3. The molecule has 2 aliphatic rings. The van der Waals surface area contributed by atoms with Crippen LogP contribution < -0.4 is 5.48 Å². The van der Waals surface area contributed by atoms with E-state index in [2.05, 4.69) is 5.48 Å². The Morgan fingerprint density at radius 1 is 1.08 bits per heavy atom. The Morgan fingerprint density at radius 2 is 1.88 bits per heavy atom. The lowest BCUT2D eigenvalue weighted by molar-refractivity contribution is -0.0937. The van der Waals surface area contributed by atoms with E-state index in [1.54, 1.807) is 6.07 Å². The van der Waals surface area contributed by atoms with Crippen molar-refractivity contribution in [2.75, 3.05) is 19.8 Å². The lowest BCUT2D eigenvalue weighted by Gasteiger charge is -2.41. The molecule has 2 aromatic rings. The van der Waals surface area contributed by atoms with Crippen LogP contribution in [0.1, 0.15) is 17.5 Å². The Bertz CT molecular complexity index is 711. The highest BCUT2D eigenvalue weighted by atomic mass is 19.1. The molecule has 2 saturated heterocycles. The van der Waals surface area contributed by atoms with E-state index >= 15 is 0 Å². The van der Waals surface area contributed by atoms with Crippen LogP contribution in [0.2, 0.25) is 0 Å². The van der Waals surface area contributed by atoms with Gasteiger partial charge in [-0.15, -0.1) is 0 Å². The van der Waals surface area contributed by atoms with Gasteiger partial charge < -0.3 is 14.3 Å². The summed E-state index contributed by atoms with van der Waals surface area (Å²) in [6.07, 6.45) is 0.515. The minimum atomic E-state index is -0.551. The average Bonchev–Trinajstić information content (AvgIpc) is 3.07. The Balaban J connectivity index is 1.45. The Labute approximate surface area is 146 Å². The van der Waals surface area contributed by atoms with Gasteiger partial charge in [-0.2, -0.15) is 5.48 Å². The van der Waals surface area contributed by atoms with E-state index in [1.807, 2.05) is 42.5 Å². The van der Waals surface area contributed by atoms with Crippen molar-refractivity contribution in [2.24, 2.45) is 5.92 Å². The van der Waals surface area contributed by atoms with Crippen LogP contribution in [0.15, 0.2) is 54.6 Å². The molecule has 2 heterocycles. The van der Waals surface area contributed by atoms with Crippen LogP contribution in [0, 0.1) is 11.7 Å². The first kappa shape index (κ1) is 16.7. The number of rotatable bonds is 5. The number of ether oxygens (including phenoxy) is 2. The molecule has 3 atom stereocenters. The average molecular weight is 343 g/mol. The molecule has 3 unspecified atom stereocenters. The maximum atomic E-state index is 14.4. The van der Waals surface area contributed by atoms with E-state index in [4.69, 9.17) is 14.3 Å². The highest BCUT2D eigenvalue weighted by molar-refractivity contribution is 5.29. The monoisotopic (exact) mass is 343 g/mol. The number of benzene rings is 2. The van der Waals surface area contributed by atoms with Crippen LogP contribution in [-0.2, 0) is 26.5 Å². The number of nitrogens with one attached hydrogen (secondary N) is 1. The van der Waals surface area contributed by atoms with Crippen LogP contribution in [0.4, 0.5) is 4.39 Å². The van der Waals surface area contributed by atoms with Gasteiger partial charge in [0.15, 0.2) is 0 Å².